The number of pyridine rings is 1. The maximum atomic E-state index is 11.5. The molecule has 0 amide bonds. The number of aromatic nitrogens is 1. The first kappa shape index (κ1) is 18.9. The fraction of sp³-hybridized carbons (Fsp3) is 0.500. The van der Waals surface area contributed by atoms with Crippen LogP contribution in [0.25, 0.3) is 10.9 Å². The molecular formula is C20H26BNO4. The average molecular weight is 355 g/mol. The molecule has 1 aromatic carbocycles. The van der Waals surface area contributed by atoms with Gasteiger partial charge < -0.3 is 14.0 Å². The molecule has 2 heterocycles. The molecule has 0 N–H and O–H groups in total. The summed E-state index contributed by atoms with van der Waals surface area (Å²) in [6.07, 6.45) is 0.923. The first-order valence-electron chi connectivity index (χ1n) is 9.13. The lowest BCUT2D eigenvalue weighted by Gasteiger charge is -2.32. The Balaban J connectivity index is 1.76. The van der Waals surface area contributed by atoms with Crippen molar-refractivity contribution in [3.63, 3.8) is 0 Å². The van der Waals surface area contributed by atoms with Gasteiger partial charge in [0.05, 0.1) is 29.7 Å². The number of aryl methyl sites for hydroxylation is 1. The first-order valence-corrected chi connectivity index (χ1v) is 9.13. The number of esters is 1. The summed E-state index contributed by atoms with van der Waals surface area (Å²) in [5.74, 6) is -0.189. The van der Waals surface area contributed by atoms with Crippen LogP contribution in [0.4, 0.5) is 0 Å². The summed E-state index contributed by atoms with van der Waals surface area (Å²) in [4.78, 5) is 16.1. The number of hydrogen-bond acceptors (Lipinski definition) is 5. The van der Waals surface area contributed by atoms with Crippen molar-refractivity contribution in [3.8, 4) is 0 Å². The van der Waals surface area contributed by atoms with Crippen LogP contribution in [0.3, 0.4) is 0 Å². The predicted octanol–water partition coefficient (Wildman–Crippen LogP) is 3.03. The number of ether oxygens (including phenoxy) is 1. The molecule has 138 valence electrons. The maximum absolute atomic E-state index is 11.5. The van der Waals surface area contributed by atoms with E-state index in [1.54, 1.807) is 0 Å². The highest BCUT2D eigenvalue weighted by Gasteiger charge is 2.51. The van der Waals surface area contributed by atoms with Gasteiger partial charge in [0.15, 0.2) is 0 Å². The highest BCUT2D eigenvalue weighted by atomic mass is 16.7. The summed E-state index contributed by atoms with van der Waals surface area (Å²) in [6, 6.07) is 10.0. The zero-order chi connectivity index (χ0) is 18.9. The first-order chi connectivity index (χ1) is 12.2. The Morgan fingerprint density at radius 2 is 1.81 bits per heavy atom. The number of carbonyl (C=O) groups excluding carboxylic acids is 1. The smallest absolute Gasteiger partial charge is 0.466 e. The Morgan fingerprint density at radius 3 is 2.46 bits per heavy atom. The maximum Gasteiger partial charge on any atom is 0.494 e. The molecule has 0 unspecified atom stereocenters. The quantitative estimate of drug-likeness (QED) is 0.610. The minimum absolute atomic E-state index is 0.189. The van der Waals surface area contributed by atoms with Gasteiger partial charge in [-0.05, 0) is 57.6 Å². The third kappa shape index (κ3) is 3.76. The molecule has 1 aliphatic heterocycles. The van der Waals surface area contributed by atoms with E-state index in [4.69, 9.17) is 14.0 Å². The van der Waals surface area contributed by atoms with E-state index >= 15 is 0 Å². The highest BCUT2D eigenvalue weighted by molar-refractivity contribution is 6.62. The van der Waals surface area contributed by atoms with Gasteiger partial charge in [-0.3, -0.25) is 9.78 Å². The summed E-state index contributed by atoms with van der Waals surface area (Å²) in [5.41, 5.74) is 2.04. The van der Waals surface area contributed by atoms with Crippen LogP contribution in [0.1, 0.15) is 46.7 Å². The van der Waals surface area contributed by atoms with E-state index in [1.165, 1.54) is 0 Å². The van der Waals surface area contributed by atoms with Crippen molar-refractivity contribution >= 4 is 29.5 Å². The van der Waals surface area contributed by atoms with Crippen molar-refractivity contribution in [2.24, 2.45) is 0 Å². The van der Waals surface area contributed by atoms with Crippen LogP contribution in [0.5, 0.6) is 0 Å². The normalized spacial score (nSPS) is 18.3. The molecule has 5 nitrogen and oxygen atoms in total. The molecule has 0 radical (unpaired) electrons. The van der Waals surface area contributed by atoms with Gasteiger partial charge in [-0.25, -0.2) is 0 Å². The second kappa shape index (κ2) is 7.01. The summed E-state index contributed by atoms with van der Waals surface area (Å²) >= 11 is 0. The lowest BCUT2D eigenvalue weighted by Crippen LogP contribution is -2.41. The van der Waals surface area contributed by atoms with Gasteiger partial charge in [-0.1, -0.05) is 18.2 Å². The van der Waals surface area contributed by atoms with E-state index in [2.05, 4.69) is 11.1 Å². The largest absolute Gasteiger partial charge is 0.494 e. The molecule has 1 aromatic heterocycles. The Hall–Kier alpha value is -1.92. The van der Waals surface area contributed by atoms with Gasteiger partial charge in [0.25, 0.3) is 0 Å². The molecule has 0 bridgehead atoms. The zero-order valence-electron chi connectivity index (χ0n) is 16.2. The Morgan fingerprint density at radius 1 is 1.12 bits per heavy atom. The number of carbonyl (C=O) groups is 1. The minimum Gasteiger partial charge on any atom is -0.466 e. The van der Waals surface area contributed by atoms with Gasteiger partial charge in [0.2, 0.25) is 0 Å². The van der Waals surface area contributed by atoms with Crippen molar-refractivity contribution < 1.29 is 18.8 Å². The van der Waals surface area contributed by atoms with Crippen LogP contribution in [-0.2, 0) is 25.3 Å². The van der Waals surface area contributed by atoms with Crippen molar-refractivity contribution in [3.05, 3.63) is 36.0 Å². The third-order valence-corrected chi connectivity index (χ3v) is 5.19. The molecule has 0 saturated carbocycles. The van der Waals surface area contributed by atoms with Crippen LogP contribution in [0.15, 0.2) is 30.3 Å². The molecule has 0 spiro atoms. The van der Waals surface area contributed by atoms with Crippen LogP contribution >= 0.6 is 0 Å². The lowest BCUT2D eigenvalue weighted by molar-refractivity contribution is -0.143. The summed E-state index contributed by atoms with van der Waals surface area (Å²) < 4.78 is 17.2. The van der Waals surface area contributed by atoms with Gasteiger partial charge >= 0.3 is 13.1 Å². The minimum atomic E-state index is -0.382. The Bertz CT molecular complexity index is 803. The predicted molar refractivity (Wildman–Crippen MR) is 102 cm³/mol. The van der Waals surface area contributed by atoms with E-state index in [9.17, 15) is 4.79 Å². The summed E-state index contributed by atoms with van der Waals surface area (Å²) in [5, 5.41) is 1.03. The van der Waals surface area contributed by atoms with E-state index in [0.717, 1.165) is 22.1 Å². The zero-order valence-corrected chi connectivity index (χ0v) is 16.2. The van der Waals surface area contributed by atoms with Gasteiger partial charge in [0, 0.05) is 12.1 Å². The lowest BCUT2D eigenvalue weighted by atomic mass is 9.78. The average Bonchev–Trinajstić information content (AvgIpc) is 2.80. The van der Waals surface area contributed by atoms with Gasteiger partial charge in [-0.15, -0.1) is 0 Å². The Kier molecular flexibility index (Phi) is 5.08. The van der Waals surface area contributed by atoms with Gasteiger partial charge in [-0.2, -0.15) is 0 Å². The standard InChI is InChI=1S/C20H26BNO4/c1-6-24-18(23)12-10-16-9-7-14-13-15(8-11-17(14)22-16)21-25-19(2,3)20(4,5)26-21/h7-9,11,13H,6,10,12H2,1-5H3. The van der Waals surface area contributed by atoms with Crippen molar-refractivity contribution in [2.45, 2.75) is 58.7 Å². The van der Waals surface area contributed by atoms with Crippen molar-refractivity contribution in [2.75, 3.05) is 6.61 Å². The van der Waals surface area contributed by atoms with Crippen LogP contribution < -0.4 is 5.46 Å². The monoisotopic (exact) mass is 355 g/mol. The molecule has 1 aliphatic rings. The number of benzene rings is 1. The molecule has 26 heavy (non-hydrogen) atoms. The molecule has 6 heteroatoms. The van der Waals surface area contributed by atoms with E-state index in [1.807, 2.05) is 58.9 Å². The molecule has 3 rings (SSSR count). The Labute approximate surface area is 155 Å². The fourth-order valence-electron chi connectivity index (χ4n) is 2.91. The van der Waals surface area contributed by atoms with E-state index in [-0.39, 0.29) is 24.3 Å². The highest BCUT2D eigenvalue weighted by Crippen LogP contribution is 2.36. The van der Waals surface area contributed by atoms with Crippen LogP contribution in [0, 0.1) is 0 Å². The van der Waals surface area contributed by atoms with Crippen LogP contribution in [-0.4, -0.2) is 35.9 Å². The third-order valence-electron chi connectivity index (χ3n) is 5.19. The number of nitrogens with zero attached hydrogens (tertiary/aromatic N) is 1. The molecule has 0 aliphatic carbocycles. The topological polar surface area (TPSA) is 57.7 Å². The second-order valence-electron chi connectivity index (χ2n) is 7.65. The van der Waals surface area contributed by atoms with E-state index in [0.29, 0.717) is 19.4 Å². The van der Waals surface area contributed by atoms with Crippen molar-refractivity contribution in [1.82, 2.24) is 4.98 Å². The molecule has 1 saturated heterocycles. The van der Waals surface area contributed by atoms with Crippen molar-refractivity contribution in [1.29, 1.82) is 0 Å². The second-order valence-corrected chi connectivity index (χ2v) is 7.65. The SMILES string of the molecule is CCOC(=O)CCc1ccc2cc(B3OC(C)(C)C(C)(C)O3)ccc2n1. The summed E-state index contributed by atoms with van der Waals surface area (Å²) in [6.45, 7) is 10.4. The molecule has 1 fully saturated rings. The molecule has 2 aromatic rings. The number of fused-ring (bicyclic) bond motifs is 1. The van der Waals surface area contributed by atoms with Crippen LogP contribution in [0.2, 0.25) is 0 Å². The van der Waals surface area contributed by atoms with E-state index < -0.39 is 0 Å². The fourth-order valence-corrected chi connectivity index (χ4v) is 2.91. The number of hydrogen-bond donors (Lipinski definition) is 0. The molecular weight excluding hydrogens is 329 g/mol. The summed E-state index contributed by atoms with van der Waals surface area (Å²) in [7, 11) is -0.382. The number of rotatable bonds is 5. The molecule has 0 atom stereocenters. The van der Waals surface area contributed by atoms with Gasteiger partial charge in [0.1, 0.15) is 0 Å².